The highest BCUT2D eigenvalue weighted by molar-refractivity contribution is 6.15. The van der Waals surface area contributed by atoms with Crippen molar-refractivity contribution >= 4 is 16.6 Å². The van der Waals surface area contributed by atoms with Crippen molar-refractivity contribution in [2.75, 3.05) is 0 Å². The number of aliphatic imine (C=N–C) groups is 1. The van der Waals surface area contributed by atoms with Crippen LogP contribution in [0.4, 0.5) is 0 Å². The number of fused-ring (bicyclic) bond motifs is 6. The van der Waals surface area contributed by atoms with E-state index < -0.39 is 5.54 Å². The highest BCUT2D eigenvalue weighted by Crippen LogP contribution is 2.46. The Labute approximate surface area is 429 Å². The van der Waals surface area contributed by atoms with Gasteiger partial charge >= 0.3 is 0 Å². The Bertz CT molecular complexity index is 3120. The van der Waals surface area contributed by atoms with Crippen LogP contribution in [0.3, 0.4) is 0 Å². The first-order valence-corrected chi connectivity index (χ1v) is 26.7. The van der Waals surface area contributed by atoms with Gasteiger partial charge in [0.05, 0.1) is 54.4 Å². The van der Waals surface area contributed by atoms with Crippen LogP contribution in [0, 0.1) is 0 Å². The predicted octanol–water partition coefficient (Wildman–Crippen LogP) is 13.8. The van der Waals surface area contributed by atoms with E-state index in [0.717, 1.165) is 107 Å². The average molecular weight is 968 g/mol. The molecule has 5 aliphatic heterocycles. The molecule has 370 valence electrons. The fourth-order valence-electron chi connectivity index (χ4n) is 12.4. The van der Waals surface area contributed by atoms with Gasteiger partial charge in [-0.25, -0.2) is 4.68 Å². The Morgan fingerprint density at radius 2 is 1.01 bits per heavy atom. The molecule has 9 nitrogen and oxygen atoms in total. The lowest BCUT2D eigenvalue weighted by Gasteiger charge is -2.37. The van der Waals surface area contributed by atoms with Gasteiger partial charge in [0.2, 0.25) is 0 Å². The first kappa shape index (κ1) is 47.1. The van der Waals surface area contributed by atoms with Gasteiger partial charge in [-0.05, 0) is 156 Å². The van der Waals surface area contributed by atoms with Gasteiger partial charge < -0.3 is 18.9 Å². The highest BCUT2D eigenvalue weighted by atomic mass is 16.5. The minimum atomic E-state index is -0.740. The molecule has 9 heteroatoms. The Kier molecular flexibility index (Phi) is 13.0. The normalized spacial score (nSPS) is 22.0. The SMILES string of the molecule is CC(C)Oc1ccc2c(c1)C(c1ccnc(C3CC4CCC(C3)O4)c1)=NC2.CC(C)Oc1ccc2c(c1)c(-c1ccnc(C3CC4CCC(C3)O4)c1)nn2C(c1ccccc1)(c1ccccc1)c1ccccc1. The topological polar surface area (TPSA) is 92.9 Å². The summed E-state index contributed by atoms with van der Waals surface area (Å²) in [6, 6.07) is 53.7. The molecule has 5 aliphatic rings. The standard InChI is InChI=1S/C41H39N3O2.C23H26N2O2/c1-28(2)45-36-20-21-39-37(27-36)40(29-22-23-42-38(26-29)30-24-34-18-19-35(25-30)46-34)43-44(39)41(31-12-6-3-7-13-31,32-14-8-4-9-15-32)33-16-10-5-11-17-33;1-14(2)26-20-4-3-16-13-25-23(21(16)12-20)15-7-8-24-22(11-15)17-9-18-5-6-19(10-17)27-18/h3-17,20-23,26-28,30,34-35H,18-19,24-25H2,1-2H3;3-4,7-8,11-12,14,17-19H,5-6,9-10,13H2,1-2H3. The van der Waals surface area contributed by atoms with Crippen molar-refractivity contribution in [2.45, 2.75) is 140 Å². The zero-order chi connectivity index (χ0) is 49.5. The summed E-state index contributed by atoms with van der Waals surface area (Å²) in [4.78, 5) is 14.4. The number of pyridine rings is 2. The van der Waals surface area contributed by atoms with Gasteiger partial charge in [-0.2, -0.15) is 5.10 Å². The van der Waals surface area contributed by atoms with E-state index in [-0.39, 0.29) is 12.2 Å². The van der Waals surface area contributed by atoms with Gasteiger partial charge in [0.25, 0.3) is 0 Å². The van der Waals surface area contributed by atoms with E-state index in [0.29, 0.717) is 36.3 Å². The van der Waals surface area contributed by atoms with E-state index in [1.54, 1.807) is 0 Å². The predicted molar refractivity (Wildman–Crippen MR) is 289 cm³/mol. The maximum Gasteiger partial charge on any atom is 0.138 e. The van der Waals surface area contributed by atoms with Crippen molar-refractivity contribution in [1.82, 2.24) is 19.7 Å². The molecule has 0 N–H and O–H groups in total. The van der Waals surface area contributed by atoms with Crippen LogP contribution in [0.25, 0.3) is 22.2 Å². The number of benzene rings is 5. The molecular formula is C64H65N5O4. The summed E-state index contributed by atoms with van der Waals surface area (Å²) in [5, 5.41) is 6.67. The van der Waals surface area contributed by atoms with Crippen molar-refractivity contribution < 1.29 is 18.9 Å². The summed E-state index contributed by atoms with van der Waals surface area (Å²) in [5.41, 5.74) is 12.7. The summed E-state index contributed by atoms with van der Waals surface area (Å²) < 4.78 is 26.6. The zero-order valence-electron chi connectivity index (χ0n) is 42.4. The van der Waals surface area contributed by atoms with Crippen LogP contribution in [0.1, 0.15) is 136 Å². The molecule has 4 unspecified atom stereocenters. The number of hydrogen-bond acceptors (Lipinski definition) is 8. The lowest BCUT2D eigenvalue weighted by atomic mass is 9.77. The quantitative estimate of drug-likeness (QED) is 0.113. The minimum absolute atomic E-state index is 0.0596. The summed E-state index contributed by atoms with van der Waals surface area (Å²) in [6.07, 6.45) is 14.7. The van der Waals surface area contributed by atoms with Crippen LogP contribution in [0.5, 0.6) is 11.5 Å². The number of ether oxygens (including phenoxy) is 4. The van der Waals surface area contributed by atoms with Gasteiger partial charge in [-0.1, -0.05) is 97.1 Å². The van der Waals surface area contributed by atoms with E-state index >= 15 is 0 Å². The lowest BCUT2D eigenvalue weighted by molar-refractivity contribution is -0.00461. The number of rotatable bonds is 12. The molecule has 0 aliphatic carbocycles. The van der Waals surface area contributed by atoms with E-state index in [9.17, 15) is 0 Å². The number of aromatic nitrogens is 4. The Hall–Kier alpha value is -6.94. The maximum absolute atomic E-state index is 6.25. The molecule has 8 aromatic rings. The number of hydrogen-bond donors (Lipinski definition) is 0. The van der Waals surface area contributed by atoms with Crippen LogP contribution >= 0.6 is 0 Å². The molecule has 13 rings (SSSR count). The van der Waals surface area contributed by atoms with Crippen molar-refractivity contribution in [3.8, 4) is 22.8 Å². The molecular weight excluding hydrogens is 903 g/mol. The molecule has 0 radical (unpaired) electrons. The van der Waals surface area contributed by atoms with Crippen LogP contribution in [0.2, 0.25) is 0 Å². The second kappa shape index (κ2) is 20.2. The Balaban J connectivity index is 0.000000170. The van der Waals surface area contributed by atoms with Crippen LogP contribution < -0.4 is 9.47 Å². The van der Waals surface area contributed by atoms with Crippen molar-refractivity contribution in [1.29, 1.82) is 0 Å². The third-order valence-electron chi connectivity index (χ3n) is 15.6. The molecule has 4 saturated heterocycles. The van der Waals surface area contributed by atoms with E-state index in [1.807, 2.05) is 18.5 Å². The van der Waals surface area contributed by atoms with Crippen molar-refractivity contribution in [3.63, 3.8) is 0 Å². The summed E-state index contributed by atoms with van der Waals surface area (Å²) in [6.45, 7) is 8.98. The third kappa shape index (κ3) is 9.38. The highest BCUT2D eigenvalue weighted by Gasteiger charge is 2.42. The average Bonchev–Trinajstić information content (AvgIpc) is 4.20. The van der Waals surface area contributed by atoms with E-state index in [2.05, 4.69) is 178 Å². The minimum Gasteiger partial charge on any atom is -0.491 e. The monoisotopic (exact) mass is 968 g/mol. The molecule has 4 atom stereocenters. The van der Waals surface area contributed by atoms with Gasteiger partial charge in [0, 0.05) is 57.7 Å². The molecule has 5 aromatic carbocycles. The van der Waals surface area contributed by atoms with Gasteiger partial charge in [0.1, 0.15) is 22.7 Å². The largest absolute Gasteiger partial charge is 0.491 e. The second-order valence-corrected chi connectivity index (χ2v) is 21.3. The number of nitrogens with zero attached hydrogens (tertiary/aromatic N) is 5. The first-order chi connectivity index (χ1) is 35.7. The van der Waals surface area contributed by atoms with Gasteiger partial charge in [-0.3, -0.25) is 15.0 Å². The van der Waals surface area contributed by atoms with Crippen LogP contribution in [-0.2, 0) is 21.6 Å². The molecule has 0 saturated carbocycles. The zero-order valence-corrected chi connectivity index (χ0v) is 42.4. The Morgan fingerprint density at radius 1 is 0.534 bits per heavy atom. The third-order valence-corrected chi connectivity index (χ3v) is 15.6. The first-order valence-electron chi connectivity index (χ1n) is 26.7. The van der Waals surface area contributed by atoms with Gasteiger partial charge in [0.15, 0.2) is 0 Å². The van der Waals surface area contributed by atoms with Crippen LogP contribution in [0.15, 0.2) is 169 Å². The van der Waals surface area contributed by atoms with Crippen LogP contribution in [-0.4, -0.2) is 62.1 Å². The lowest BCUT2D eigenvalue weighted by Crippen LogP contribution is -2.38. The van der Waals surface area contributed by atoms with E-state index in [1.165, 1.54) is 35.2 Å². The van der Waals surface area contributed by atoms with E-state index in [4.69, 9.17) is 39.0 Å². The fourth-order valence-corrected chi connectivity index (χ4v) is 12.4. The molecule has 4 fully saturated rings. The Morgan fingerprint density at radius 3 is 1.53 bits per heavy atom. The molecule has 4 bridgehead atoms. The van der Waals surface area contributed by atoms with Gasteiger partial charge in [-0.15, -0.1) is 0 Å². The molecule has 0 spiro atoms. The molecule has 8 heterocycles. The fraction of sp³-hybridized carbons (Fsp3) is 0.344. The summed E-state index contributed by atoms with van der Waals surface area (Å²) in [5.74, 6) is 2.65. The molecule has 0 amide bonds. The molecule has 3 aromatic heterocycles. The summed E-state index contributed by atoms with van der Waals surface area (Å²) in [7, 11) is 0. The van der Waals surface area contributed by atoms with Crippen molar-refractivity contribution in [3.05, 3.63) is 209 Å². The smallest absolute Gasteiger partial charge is 0.138 e. The summed E-state index contributed by atoms with van der Waals surface area (Å²) >= 11 is 0. The molecule has 73 heavy (non-hydrogen) atoms. The second-order valence-electron chi connectivity index (χ2n) is 21.3. The maximum atomic E-state index is 6.25. The van der Waals surface area contributed by atoms with Crippen molar-refractivity contribution in [2.24, 2.45) is 4.99 Å².